The zero-order chi connectivity index (χ0) is 19.9. The highest BCUT2D eigenvalue weighted by atomic mass is 16.5. The van der Waals surface area contributed by atoms with Crippen LogP contribution in [0.15, 0.2) is 66.9 Å². The van der Waals surface area contributed by atoms with E-state index in [0.717, 1.165) is 0 Å². The van der Waals surface area contributed by atoms with Crippen molar-refractivity contribution in [2.75, 3.05) is 17.7 Å². The first-order valence-corrected chi connectivity index (χ1v) is 8.32. The summed E-state index contributed by atoms with van der Waals surface area (Å²) in [5, 5.41) is 14.6. The number of anilines is 3. The molecule has 1 heterocycles. The second-order valence-corrected chi connectivity index (χ2v) is 5.74. The van der Waals surface area contributed by atoms with E-state index >= 15 is 0 Å². The molecule has 0 saturated carbocycles. The molecule has 1 amide bonds. The van der Waals surface area contributed by atoms with E-state index in [2.05, 4.69) is 15.6 Å². The van der Waals surface area contributed by atoms with E-state index in [1.165, 1.54) is 13.3 Å². The molecule has 0 spiro atoms. The molecule has 3 aromatic rings. The van der Waals surface area contributed by atoms with Crippen molar-refractivity contribution in [3.8, 4) is 6.07 Å². The number of amides is 1. The minimum Gasteiger partial charge on any atom is -0.465 e. The molecule has 0 aliphatic heterocycles. The Labute approximate surface area is 161 Å². The fraction of sp³-hybridized carbons (Fsp3) is 0.0476. The van der Waals surface area contributed by atoms with Crippen molar-refractivity contribution in [2.45, 2.75) is 0 Å². The molecular weight excluding hydrogens is 356 g/mol. The second-order valence-electron chi connectivity index (χ2n) is 5.74. The summed E-state index contributed by atoms with van der Waals surface area (Å²) in [6.45, 7) is 0. The molecule has 7 heteroatoms. The Balaban J connectivity index is 1.70. The van der Waals surface area contributed by atoms with Gasteiger partial charge in [0.15, 0.2) is 0 Å². The largest absolute Gasteiger partial charge is 0.465 e. The number of pyridine rings is 1. The Bertz CT molecular complexity index is 1040. The number of hydrogen-bond acceptors (Lipinski definition) is 6. The summed E-state index contributed by atoms with van der Waals surface area (Å²) < 4.78 is 4.77. The molecule has 28 heavy (non-hydrogen) atoms. The van der Waals surface area contributed by atoms with Gasteiger partial charge < -0.3 is 15.4 Å². The first-order chi connectivity index (χ1) is 13.6. The average molecular weight is 372 g/mol. The lowest BCUT2D eigenvalue weighted by atomic mass is 10.1. The van der Waals surface area contributed by atoms with Gasteiger partial charge in [-0.05, 0) is 48.5 Å². The SMILES string of the molecule is COC(=O)c1ccccc1Nc1ccc(C(=O)Nc2ccc(C#N)cc2)cn1. The van der Waals surface area contributed by atoms with Crippen LogP contribution in [0, 0.1) is 11.3 Å². The third-order valence-electron chi connectivity index (χ3n) is 3.89. The number of nitrogens with one attached hydrogen (secondary N) is 2. The summed E-state index contributed by atoms with van der Waals surface area (Å²) in [6, 6.07) is 18.7. The normalized spacial score (nSPS) is 9.86. The Morgan fingerprint density at radius 3 is 2.43 bits per heavy atom. The number of esters is 1. The first-order valence-electron chi connectivity index (χ1n) is 8.32. The number of para-hydroxylation sites is 1. The molecular formula is C21H16N4O3. The van der Waals surface area contributed by atoms with Gasteiger partial charge in [-0.1, -0.05) is 12.1 Å². The monoisotopic (exact) mass is 372 g/mol. The summed E-state index contributed by atoms with van der Waals surface area (Å²) in [4.78, 5) is 28.4. The van der Waals surface area contributed by atoms with Gasteiger partial charge in [0.05, 0.1) is 35.6 Å². The van der Waals surface area contributed by atoms with E-state index in [1.807, 2.05) is 6.07 Å². The van der Waals surface area contributed by atoms with Gasteiger partial charge in [-0.2, -0.15) is 5.26 Å². The van der Waals surface area contributed by atoms with Crippen LogP contribution in [0.2, 0.25) is 0 Å². The highest BCUT2D eigenvalue weighted by Crippen LogP contribution is 2.20. The van der Waals surface area contributed by atoms with Gasteiger partial charge in [0.25, 0.3) is 5.91 Å². The zero-order valence-electron chi connectivity index (χ0n) is 15.0. The van der Waals surface area contributed by atoms with Crippen LogP contribution in [0.5, 0.6) is 0 Å². The number of methoxy groups -OCH3 is 1. The Morgan fingerprint density at radius 2 is 1.79 bits per heavy atom. The van der Waals surface area contributed by atoms with E-state index < -0.39 is 5.97 Å². The molecule has 0 saturated heterocycles. The molecule has 0 aliphatic rings. The van der Waals surface area contributed by atoms with Crippen LogP contribution in [-0.2, 0) is 4.74 Å². The van der Waals surface area contributed by atoms with Crippen molar-refractivity contribution >= 4 is 29.1 Å². The minimum absolute atomic E-state index is 0.321. The Hall–Kier alpha value is -4.18. The third kappa shape index (κ3) is 4.31. The molecule has 0 radical (unpaired) electrons. The van der Waals surface area contributed by atoms with Gasteiger partial charge in [-0.3, -0.25) is 4.79 Å². The molecule has 1 aromatic heterocycles. The molecule has 0 fully saturated rings. The summed E-state index contributed by atoms with van der Waals surface area (Å²) >= 11 is 0. The lowest BCUT2D eigenvalue weighted by Gasteiger charge is -2.10. The smallest absolute Gasteiger partial charge is 0.339 e. The van der Waals surface area contributed by atoms with E-state index in [9.17, 15) is 9.59 Å². The number of benzene rings is 2. The third-order valence-corrected chi connectivity index (χ3v) is 3.89. The van der Waals surface area contributed by atoms with Crippen molar-refractivity contribution in [3.05, 3.63) is 83.6 Å². The predicted molar refractivity (Wildman–Crippen MR) is 104 cm³/mol. The van der Waals surface area contributed by atoms with Gasteiger partial charge in [0.2, 0.25) is 0 Å². The van der Waals surface area contributed by atoms with Gasteiger partial charge in [-0.25, -0.2) is 9.78 Å². The van der Waals surface area contributed by atoms with E-state index in [4.69, 9.17) is 10.00 Å². The van der Waals surface area contributed by atoms with Crippen LogP contribution in [0.1, 0.15) is 26.3 Å². The second kappa shape index (κ2) is 8.47. The predicted octanol–water partition coefficient (Wildman–Crippen LogP) is 3.74. The van der Waals surface area contributed by atoms with Gasteiger partial charge in [0.1, 0.15) is 5.82 Å². The number of nitrogens with zero attached hydrogens (tertiary/aromatic N) is 2. The highest BCUT2D eigenvalue weighted by molar-refractivity contribution is 6.04. The topological polar surface area (TPSA) is 104 Å². The lowest BCUT2D eigenvalue weighted by Crippen LogP contribution is -2.12. The van der Waals surface area contributed by atoms with Crippen LogP contribution in [0.4, 0.5) is 17.2 Å². The fourth-order valence-corrected chi connectivity index (χ4v) is 2.45. The molecule has 2 N–H and O–H groups in total. The molecule has 3 rings (SSSR count). The summed E-state index contributed by atoms with van der Waals surface area (Å²) in [5.41, 5.74) is 2.41. The van der Waals surface area contributed by atoms with Crippen LogP contribution >= 0.6 is 0 Å². The molecule has 7 nitrogen and oxygen atoms in total. The number of nitriles is 1. The number of aromatic nitrogens is 1. The number of ether oxygens (including phenoxy) is 1. The van der Waals surface area contributed by atoms with E-state index in [0.29, 0.717) is 33.9 Å². The lowest BCUT2D eigenvalue weighted by molar-refractivity contribution is 0.0601. The molecule has 0 atom stereocenters. The molecule has 0 bridgehead atoms. The molecule has 2 aromatic carbocycles. The summed E-state index contributed by atoms with van der Waals surface area (Å²) in [5.74, 6) is -0.300. The van der Waals surface area contributed by atoms with E-state index in [1.54, 1.807) is 60.7 Å². The standard InChI is InChI=1S/C21H16N4O3/c1-28-21(27)17-4-2-3-5-18(17)25-19-11-8-15(13-23-19)20(26)24-16-9-6-14(12-22)7-10-16/h2-11,13H,1H3,(H,23,25)(H,24,26). The maximum atomic E-state index is 12.3. The van der Waals surface area contributed by atoms with Gasteiger partial charge in [-0.15, -0.1) is 0 Å². The Kier molecular flexibility index (Phi) is 5.63. The Morgan fingerprint density at radius 1 is 1.04 bits per heavy atom. The van der Waals surface area contributed by atoms with Crippen LogP contribution in [0.3, 0.4) is 0 Å². The van der Waals surface area contributed by atoms with Crippen molar-refractivity contribution in [3.63, 3.8) is 0 Å². The maximum Gasteiger partial charge on any atom is 0.339 e. The van der Waals surface area contributed by atoms with Crippen molar-refractivity contribution in [1.82, 2.24) is 4.98 Å². The van der Waals surface area contributed by atoms with E-state index in [-0.39, 0.29) is 5.91 Å². The van der Waals surface area contributed by atoms with Crippen molar-refractivity contribution in [1.29, 1.82) is 5.26 Å². The summed E-state index contributed by atoms with van der Waals surface area (Å²) in [6.07, 6.45) is 1.43. The first kappa shape index (κ1) is 18.6. The van der Waals surface area contributed by atoms with Gasteiger partial charge >= 0.3 is 5.97 Å². The number of carbonyl (C=O) groups is 2. The zero-order valence-corrected chi connectivity index (χ0v) is 15.0. The van der Waals surface area contributed by atoms with Gasteiger partial charge in [0, 0.05) is 11.9 Å². The van der Waals surface area contributed by atoms with Crippen molar-refractivity contribution in [2.24, 2.45) is 0 Å². The average Bonchev–Trinajstić information content (AvgIpc) is 2.74. The summed E-state index contributed by atoms with van der Waals surface area (Å²) in [7, 11) is 1.32. The highest BCUT2D eigenvalue weighted by Gasteiger charge is 2.12. The number of hydrogen-bond donors (Lipinski definition) is 2. The maximum absolute atomic E-state index is 12.3. The van der Waals surface area contributed by atoms with Crippen LogP contribution < -0.4 is 10.6 Å². The number of carbonyl (C=O) groups excluding carboxylic acids is 2. The molecule has 138 valence electrons. The van der Waals surface area contributed by atoms with Crippen LogP contribution in [-0.4, -0.2) is 24.0 Å². The minimum atomic E-state index is -0.457. The van der Waals surface area contributed by atoms with Crippen LogP contribution in [0.25, 0.3) is 0 Å². The number of rotatable bonds is 5. The molecule has 0 aliphatic carbocycles. The molecule has 0 unspecified atom stereocenters. The van der Waals surface area contributed by atoms with Crippen molar-refractivity contribution < 1.29 is 14.3 Å². The fourth-order valence-electron chi connectivity index (χ4n) is 2.45. The quantitative estimate of drug-likeness (QED) is 0.661.